The fourth-order valence-corrected chi connectivity index (χ4v) is 3.28. The maximum absolute atomic E-state index is 12.7. The smallest absolute Gasteiger partial charge is 0.255 e. The second-order valence-corrected chi connectivity index (χ2v) is 6.60. The van der Waals surface area contributed by atoms with Crippen LogP contribution in [0.4, 0.5) is 5.82 Å². The van der Waals surface area contributed by atoms with Gasteiger partial charge in [-0.15, -0.1) is 11.8 Å². The van der Waals surface area contributed by atoms with Crippen molar-refractivity contribution in [2.75, 3.05) is 37.3 Å². The summed E-state index contributed by atoms with van der Waals surface area (Å²) in [5.74, 6) is 0.966. The lowest BCUT2D eigenvalue weighted by Gasteiger charge is -2.35. The number of nitrogens with zero attached hydrogens (tertiary/aromatic N) is 3. The van der Waals surface area contributed by atoms with Crippen molar-refractivity contribution < 1.29 is 4.79 Å². The number of amides is 1. The maximum Gasteiger partial charge on any atom is 0.255 e. The van der Waals surface area contributed by atoms with Gasteiger partial charge in [0.15, 0.2) is 0 Å². The van der Waals surface area contributed by atoms with E-state index >= 15 is 0 Å². The Morgan fingerprint density at radius 1 is 1.17 bits per heavy atom. The zero-order valence-electron chi connectivity index (χ0n) is 12.9. The molecule has 1 fully saturated rings. The second kappa shape index (κ2) is 7.23. The molecule has 0 saturated carbocycles. The largest absolute Gasteiger partial charge is 0.353 e. The summed E-state index contributed by atoms with van der Waals surface area (Å²) in [6.45, 7) is 2.91. The Hall–Kier alpha value is -1.72. The van der Waals surface area contributed by atoms with Crippen LogP contribution in [-0.4, -0.2) is 48.2 Å². The summed E-state index contributed by atoms with van der Waals surface area (Å²) in [5, 5.41) is 0.514. The van der Waals surface area contributed by atoms with Crippen molar-refractivity contribution in [3.05, 3.63) is 53.2 Å². The monoisotopic (exact) mass is 347 g/mol. The van der Waals surface area contributed by atoms with Crippen molar-refractivity contribution in [3.63, 3.8) is 0 Å². The fourth-order valence-electron chi connectivity index (χ4n) is 2.65. The molecule has 1 aromatic carbocycles. The molecule has 0 atom stereocenters. The van der Waals surface area contributed by atoms with Gasteiger partial charge in [-0.2, -0.15) is 0 Å². The number of rotatable bonds is 3. The molecule has 3 rings (SSSR count). The molecule has 6 heteroatoms. The molecule has 0 spiro atoms. The van der Waals surface area contributed by atoms with Crippen molar-refractivity contribution >= 4 is 35.1 Å². The summed E-state index contributed by atoms with van der Waals surface area (Å²) >= 11 is 7.82. The van der Waals surface area contributed by atoms with E-state index in [1.807, 2.05) is 41.5 Å². The highest BCUT2D eigenvalue weighted by atomic mass is 35.5. The molecule has 0 N–H and O–H groups in total. The number of piperazine rings is 1. The summed E-state index contributed by atoms with van der Waals surface area (Å²) < 4.78 is 0. The van der Waals surface area contributed by atoms with E-state index in [9.17, 15) is 4.79 Å². The third kappa shape index (κ3) is 3.62. The van der Waals surface area contributed by atoms with Gasteiger partial charge in [0, 0.05) is 37.3 Å². The Bertz CT molecular complexity index is 687. The van der Waals surface area contributed by atoms with Gasteiger partial charge >= 0.3 is 0 Å². The van der Waals surface area contributed by atoms with Crippen LogP contribution in [0.2, 0.25) is 5.02 Å². The average Bonchev–Trinajstić information content (AvgIpc) is 2.62. The summed E-state index contributed by atoms with van der Waals surface area (Å²) in [6.07, 6.45) is 3.78. The highest BCUT2D eigenvalue weighted by Gasteiger charge is 2.24. The van der Waals surface area contributed by atoms with Crippen LogP contribution >= 0.6 is 23.4 Å². The number of carbonyl (C=O) groups is 1. The summed E-state index contributed by atoms with van der Waals surface area (Å²) in [7, 11) is 0. The standard InChI is InChI=1S/C17H18ClN3OS/c1-23-13-5-6-15(18)14(12-13)17(22)21-10-8-20(9-11-21)16-4-2-3-7-19-16/h2-7,12H,8-11H2,1H3. The molecule has 2 heterocycles. The van der Waals surface area contributed by atoms with Gasteiger partial charge in [-0.3, -0.25) is 4.79 Å². The Labute approximate surface area is 145 Å². The van der Waals surface area contributed by atoms with Gasteiger partial charge in [0.2, 0.25) is 0 Å². The Morgan fingerprint density at radius 3 is 2.61 bits per heavy atom. The first kappa shape index (κ1) is 16.1. The number of thioether (sulfide) groups is 1. The average molecular weight is 348 g/mol. The first-order chi connectivity index (χ1) is 11.2. The van der Waals surface area contributed by atoms with Gasteiger partial charge in [-0.05, 0) is 36.6 Å². The molecular formula is C17H18ClN3OS. The lowest BCUT2D eigenvalue weighted by molar-refractivity contribution is 0.0746. The minimum Gasteiger partial charge on any atom is -0.353 e. The molecule has 120 valence electrons. The van der Waals surface area contributed by atoms with E-state index < -0.39 is 0 Å². The maximum atomic E-state index is 12.7. The fraction of sp³-hybridized carbons (Fsp3) is 0.294. The van der Waals surface area contributed by atoms with Crippen molar-refractivity contribution in [3.8, 4) is 0 Å². The number of carbonyl (C=O) groups excluding carboxylic acids is 1. The molecule has 1 aliphatic rings. The van der Waals surface area contributed by atoms with Gasteiger partial charge in [-0.25, -0.2) is 4.98 Å². The lowest BCUT2D eigenvalue weighted by Crippen LogP contribution is -2.49. The molecule has 4 nitrogen and oxygen atoms in total. The molecule has 0 aliphatic carbocycles. The SMILES string of the molecule is CSc1ccc(Cl)c(C(=O)N2CCN(c3ccccn3)CC2)c1. The van der Waals surface area contributed by atoms with Crippen LogP contribution in [0.15, 0.2) is 47.5 Å². The first-order valence-electron chi connectivity index (χ1n) is 7.48. The molecule has 2 aromatic rings. The summed E-state index contributed by atoms with van der Waals surface area (Å²) in [6, 6.07) is 11.5. The van der Waals surface area contributed by atoms with Crippen molar-refractivity contribution in [2.24, 2.45) is 0 Å². The van der Waals surface area contributed by atoms with Crippen LogP contribution in [0.1, 0.15) is 10.4 Å². The van der Waals surface area contributed by atoms with Crippen LogP contribution in [-0.2, 0) is 0 Å². The van der Waals surface area contributed by atoms with Gasteiger partial charge in [0.05, 0.1) is 10.6 Å². The van der Waals surface area contributed by atoms with E-state index in [1.165, 1.54) is 0 Å². The molecule has 23 heavy (non-hydrogen) atoms. The van der Waals surface area contributed by atoms with Crippen molar-refractivity contribution in [2.45, 2.75) is 4.90 Å². The molecule has 1 amide bonds. The molecule has 1 aliphatic heterocycles. The van der Waals surface area contributed by atoms with Gasteiger partial charge in [-0.1, -0.05) is 17.7 Å². The zero-order chi connectivity index (χ0) is 16.2. The van der Waals surface area contributed by atoms with Crippen molar-refractivity contribution in [1.82, 2.24) is 9.88 Å². The second-order valence-electron chi connectivity index (χ2n) is 5.31. The number of anilines is 1. The van der Waals surface area contributed by atoms with Gasteiger partial charge in [0.1, 0.15) is 5.82 Å². The van der Waals surface area contributed by atoms with Crippen molar-refractivity contribution in [1.29, 1.82) is 0 Å². The number of hydrogen-bond donors (Lipinski definition) is 0. The predicted octanol–water partition coefficient (Wildman–Crippen LogP) is 3.42. The Balaban J connectivity index is 1.69. The molecule has 0 radical (unpaired) electrons. The van der Waals surface area contributed by atoms with E-state index in [0.717, 1.165) is 23.8 Å². The highest BCUT2D eigenvalue weighted by molar-refractivity contribution is 7.98. The molecule has 0 unspecified atom stereocenters. The van der Waals surface area contributed by atoms with Gasteiger partial charge < -0.3 is 9.80 Å². The minimum atomic E-state index is 0.00608. The number of halogens is 1. The molecule has 0 bridgehead atoms. The normalized spacial score (nSPS) is 14.9. The Kier molecular flexibility index (Phi) is 5.08. The number of benzene rings is 1. The van der Waals surface area contributed by atoms with Crippen LogP contribution in [0.3, 0.4) is 0 Å². The van der Waals surface area contributed by atoms with E-state index in [0.29, 0.717) is 23.7 Å². The predicted molar refractivity (Wildman–Crippen MR) is 95.6 cm³/mol. The Morgan fingerprint density at radius 2 is 1.96 bits per heavy atom. The van der Waals surface area contributed by atoms with E-state index in [2.05, 4.69) is 9.88 Å². The van der Waals surface area contributed by atoms with Crippen LogP contribution in [0, 0.1) is 0 Å². The highest BCUT2D eigenvalue weighted by Crippen LogP contribution is 2.25. The third-order valence-corrected chi connectivity index (χ3v) is 5.00. The number of hydrogen-bond acceptors (Lipinski definition) is 4. The molecule has 1 aromatic heterocycles. The van der Waals surface area contributed by atoms with E-state index in [-0.39, 0.29) is 5.91 Å². The number of pyridine rings is 1. The molecule has 1 saturated heterocycles. The third-order valence-electron chi connectivity index (χ3n) is 3.94. The summed E-state index contributed by atoms with van der Waals surface area (Å²) in [5.41, 5.74) is 0.588. The topological polar surface area (TPSA) is 36.4 Å². The summed E-state index contributed by atoms with van der Waals surface area (Å²) in [4.78, 5) is 22.2. The first-order valence-corrected chi connectivity index (χ1v) is 9.08. The van der Waals surface area contributed by atoms with E-state index in [4.69, 9.17) is 11.6 Å². The zero-order valence-corrected chi connectivity index (χ0v) is 14.5. The number of aromatic nitrogens is 1. The van der Waals surface area contributed by atoms with Gasteiger partial charge in [0.25, 0.3) is 5.91 Å². The lowest BCUT2D eigenvalue weighted by atomic mass is 10.1. The van der Waals surface area contributed by atoms with E-state index in [1.54, 1.807) is 24.0 Å². The molecular weight excluding hydrogens is 330 g/mol. The minimum absolute atomic E-state index is 0.00608. The van der Waals surface area contributed by atoms with Crippen LogP contribution in [0.25, 0.3) is 0 Å². The quantitative estimate of drug-likeness (QED) is 0.797. The van der Waals surface area contributed by atoms with Crippen LogP contribution in [0.5, 0.6) is 0 Å². The van der Waals surface area contributed by atoms with Crippen LogP contribution < -0.4 is 4.90 Å².